The third-order valence-corrected chi connectivity index (χ3v) is 4.26. The van der Waals surface area contributed by atoms with E-state index in [0.717, 1.165) is 24.3 Å². The number of piperidine rings is 1. The van der Waals surface area contributed by atoms with Crippen LogP contribution >= 0.6 is 15.9 Å². The third kappa shape index (κ3) is 3.26. The zero-order valence-corrected chi connectivity index (χ0v) is 12.9. The molecule has 0 saturated carbocycles. The minimum atomic E-state index is -0.337. The first kappa shape index (κ1) is 14.3. The van der Waals surface area contributed by atoms with Crippen LogP contribution in [0.5, 0.6) is 0 Å². The van der Waals surface area contributed by atoms with Gasteiger partial charge in [-0.3, -0.25) is 10.1 Å². The number of benzene rings is 1. The normalized spacial score (nSPS) is 18.4. The predicted molar refractivity (Wildman–Crippen MR) is 81.0 cm³/mol. The zero-order chi connectivity index (χ0) is 14.0. The van der Waals surface area contributed by atoms with E-state index in [1.165, 1.54) is 12.8 Å². The lowest BCUT2D eigenvalue weighted by Crippen LogP contribution is -2.40. The van der Waals surface area contributed by atoms with Crippen molar-refractivity contribution in [1.29, 1.82) is 0 Å². The molecular formula is C14H19BrN2O2. The van der Waals surface area contributed by atoms with Crippen LogP contribution < -0.4 is 4.90 Å². The van der Waals surface area contributed by atoms with E-state index in [9.17, 15) is 10.1 Å². The van der Waals surface area contributed by atoms with Crippen LogP contribution in [0.2, 0.25) is 0 Å². The average molecular weight is 327 g/mol. The van der Waals surface area contributed by atoms with Gasteiger partial charge < -0.3 is 4.90 Å². The van der Waals surface area contributed by atoms with Crippen LogP contribution in [0, 0.1) is 15.5 Å². The van der Waals surface area contributed by atoms with E-state index in [2.05, 4.69) is 34.7 Å². The van der Waals surface area contributed by atoms with Crippen LogP contribution in [0.3, 0.4) is 0 Å². The number of alkyl halides is 1. The predicted octanol–water partition coefficient (Wildman–Crippen LogP) is 4.12. The van der Waals surface area contributed by atoms with Gasteiger partial charge in [0, 0.05) is 36.2 Å². The summed E-state index contributed by atoms with van der Waals surface area (Å²) in [5.74, 6) is 0. The molecule has 0 unspecified atom stereocenters. The molecule has 0 radical (unpaired) electrons. The van der Waals surface area contributed by atoms with E-state index >= 15 is 0 Å². The van der Waals surface area contributed by atoms with Gasteiger partial charge in [0.1, 0.15) is 0 Å². The van der Waals surface area contributed by atoms with Gasteiger partial charge in [-0.25, -0.2) is 0 Å². The second-order valence-electron chi connectivity index (χ2n) is 5.89. The molecule has 0 bridgehead atoms. The number of rotatable bonds is 3. The van der Waals surface area contributed by atoms with Crippen LogP contribution in [-0.4, -0.2) is 18.0 Å². The van der Waals surface area contributed by atoms with Crippen molar-refractivity contribution in [2.45, 2.75) is 32.0 Å². The van der Waals surface area contributed by atoms with Crippen molar-refractivity contribution in [2.75, 3.05) is 18.0 Å². The lowest BCUT2D eigenvalue weighted by Gasteiger charge is -2.40. The Hall–Kier alpha value is -1.10. The van der Waals surface area contributed by atoms with E-state index in [1.807, 2.05) is 6.07 Å². The molecule has 1 aromatic carbocycles. The van der Waals surface area contributed by atoms with Gasteiger partial charge in [0.25, 0.3) is 5.69 Å². The number of halogens is 1. The summed E-state index contributed by atoms with van der Waals surface area (Å²) in [6, 6.07) is 5.16. The fraction of sp³-hybridized carbons (Fsp3) is 0.571. The lowest BCUT2D eigenvalue weighted by atomic mass is 9.84. The molecule has 4 nitrogen and oxygen atoms in total. The van der Waals surface area contributed by atoms with Crippen LogP contribution in [0.15, 0.2) is 18.2 Å². The Morgan fingerprint density at radius 2 is 2.21 bits per heavy atom. The summed E-state index contributed by atoms with van der Waals surface area (Å²) in [7, 11) is 0. The summed E-state index contributed by atoms with van der Waals surface area (Å²) in [5.41, 5.74) is 2.58. The highest BCUT2D eigenvalue weighted by atomic mass is 79.9. The Morgan fingerprint density at radius 3 is 2.79 bits per heavy atom. The fourth-order valence-electron chi connectivity index (χ4n) is 2.73. The van der Waals surface area contributed by atoms with Gasteiger partial charge in [0.2, 0.25) is 0 Å². The number of hydrogen-bond donors (Lipinski definition) is 0. The maximum atomic E-state index is 10.8. The Kier molecular flexibility index (Phi) is 4.13. The molecule has 0 atom stereocenters. The molecule has 1 heterocycles. The zero-order valence-electron chi connectivity index (χ0n) is 11.4. The van der Waals surface area contributed by atoms with Crippen molar-refractivity contribution in [3.63, 3.8) is 0 Å². The summed E-state index contributed by atoms with van der Waals surface area (Å²) < 4.78 is 0. The number of hydrogen-bond acceptors (Lipinski definition) is 3. The molecule has 1 aromatic rings. The molecule has 0 aromatic heterocycles. The smallest absolute Gasteiger partial charge is 0.269 e. The molecule has 19 heavy (non-hydrogen) atoms. The summed E-state index contributed by atoms with van der Waals surface area (Å²) in [6.07, 6.45) is 2.41. The molecule has 1 fully saturated rings. The highest BCUT2D eigenvalue weighted by Crippen LogP contribution is 2.34. The molecule has 0 spiro atoms. The minimum Gasteiger partial charge on any atom is -0.371 e. The van der Waals surface area contributed by atoms with Crippen LogP contribution in [-0.2, 0) is 5.33 Å². The van der Waals surface area contributed by atoms with Crippen LogP contribution in [0.1, 0.15) is 32.3 Å². The fourth-order valence-corrected chi connectivity index (χ4v) is 3.18. The van der Waals surface area contributed by atoms with Crippen molar-refractivity contribution in [2.24, 2.45) is 5.41 Å². The van der Waals surface area contributed by atoms with E-state index in [-0.39, 0.29) is 10.6 Å². The lowest BCUT2D eigenvalue weighted by molar-refractivity contribution is -0.384. The quantitative estimate of drug-likeness (QED) is 0.477. The number of non-ortho nitro benzene ring substituents is 1. The van der Waals surface area contributed by atoms with E-state index in [0.29, 0.717) is 10.7 Å². The first-order chi connectivity index (χ1) is 8.93. The van der Waals surface area contributed by atoms with Crippen LogP contribution in [0.4, 0.5) is 11.4 Å². The molecule has 1 aliphatic rings. The van der Waals surface area contributed by atoms with Gasteiger partial charge in [0.05, 0.1) is 4.92 Å². The van der Waals surface area contributed by atoms with Crippen molar-refractivity contribution < 1.29 is 4.92 Å². The second-order valence-corrected chi connectivity index (χ2v) is 6.45. The minimum absolute atomic E-state index is 0.162. The molecular weight excluding hydrogens is 308 g/mol. The molecule has 1 aliphatic heterocycles. The third-order valence-electron chi connectivity index (χ3n) is 3.66. The van der Waals surface area contributed by atoms with Gasteiger partial charge in [-0.15, -0.1) is 0 Å². The maximum Gasteiger partial charge on any atom is 0.269 e. The first-order valence-corrected chi connectivity index (χ1v) is 7.63. The standard InChI is InChI=1S/C14H19BrN2O2/c1-14(2)6-3-7-16(10-14)13-5-4-12(17(18)19)8-11(13)9-15/h4-5,8H,3,6-7,9-10H2,1-2H3. The molecule has 0 amide bonds. The Bertz CT molecular complexity index is 488. The highest BCUT2D eigenvalue weighted by molar-refractivity contribution is 9.08. The van der Waals surface area contributed by atoms with Gasteiger partial charge >= 0.3 is 0 Å². The molecule has 1 saturated heterocycles. The van der Waals surface area contributed by atoms with E-state index in [4.69, 9.17) is 0 Å². The highest BCUT2D eigenvalue weighted by Gasteiger charge is 2.27. The Morgan fingerprint density at radius 1 is 1.47 bits per heavy atom. The molecule has 104 valence electrons. The van der Waals surface area contributed by atoms with Gasteiger partial charge in [-0.05, 0) is 29.9 Å². The number of nitrogens with zero attached hydrogens (tertiary/aromatic N) is 2. The van der Waals surface area contributed by atoms with Crippen molar-refractivity contribution in [1.82, 2.24) is 0 Å². The second kappa shape index (κ2) is 5.49. The van der Waals surface area contributed by atoms with Gasteiger partial charge in [-0.1, -0.05) is 29.8 Å². The van der Waals surface area contributed by atoms with Gasteiger partial charge in [0.15, 0.2) is 0 Å². The maximum absolute atomic E-state index is 10.8. The first-order valence-electron chi connectivity index (χ1n) is 6.51. The molecule has 0 aliphatic carbocycles. The Labute approximate surface area is 122 Å². The summed E-state index contributed by atoms with van der Waals surface area (Å²) in [5, 5.41) is 11.5. The van der Waals surface area contributed by atoms with Crippen molar-refractivity contribution >= 4 is 27.3 Å². The monoisotopic (exact) mass is 326 g/mol. The number of nitro benzene ring substituents is 1. The summed E-state index contributed by atoms with van der Waals surface area (Å²) in [6.45, 7) is 6.59. The molecule has 2 rings (SSSR count). The average Bonchev–Trinajstić information content (AvgIpc) is 2.36. The van der Waals surface area contributed by atoms with Crippen molar-refractivity contribution in [3.8, 4) is 0 Å². The molecule has 5 heteroatoms. The number of nitro groups is 1. The van der Waals surface area contributed by atoms with Gasteiger partial charge in [-0.2, -0.15) is 0 Å². The SMILES string of the molecule is CC1(C)CCCN(c2ccc([N+](=O)[O-])cc2CBr)C1. The topological polar surface area (TPSA) is 46.4 Å². The molecule has 0 N–H and O–H groups in total. The van der Waals surface area contributed by atoms with E-state index in [1.54, 1.807) is 12.1 Å². The number of anilines is 1. The van der Waals surface area contributed by atoms with E-state index < -0.39 is 0 Å². The summed E-state index contributed by atoms with van der Waals surface area (Å²) >= 11 is 3.44. The van der Waals surface area contributed by atoms with Crippen molar-refractivity contribution in [3.05, 3.63) is 33.9 Å². The summed E-state index contributed by atoms with van der Waals surface area (Å²) in [4.78, 5) is 12.9. The Balaban J connectivity index is 2.31. The van der Waals surface area contributed by atoms with Crippen LogP contribution in [0.25, 0.3) is 0 Å². The largest absolute Gasteiger partial charge is 0.371 e.